The van der Waals surface area contributed by atoms with E-state index in [9.17, 15) is 43.8 Å². The number of nitrogens with one attached hydrogen (secondary N) is 4. The fraction of sp³-hybridized carbons (Fsp3) is 0.750. The Kier molecular flexibility index (Phi) is 21.7. The van der Waals surface area contributed by atoms with E-state index < -0.39 is 66.7 Å². The second kappa shape index (κ2) is 23.8. The van der Waals surface area contributed by atoms with Gasteiger partial charge in [0.05, 0.1) is 13.1 Å². The van der Waals surface area contributed by atoms with Gasteiger partial charge in [-0.15, -0.1) is 0 Å². The van der Waals surface area contributed by atoms with Crippen LogP contribution in [0.5, 0.6) is 0 Å². The number of hydrogen-bond donors (Lipinski definition) is 8. The maximum absolute atomic E-state index is 12.3. The molecule has 0 saturated heterocycles. The van der Waals surface area contributed by atoms with Crippen LogP contribution in [0.4, 0.5) is 0 Å². The molecule has 0 aromatic carbocycles. The lowest BCUT2D eigenvalue weighted by atomic mass is 10.0. The van der Waals surface area contributed by atoms with Crippen LogP contribution in [-0.2, 0) is 33.6 Å². The van der Waals surface area contributed by atoms with Crippen LogP contribution in [0, 0.1) is 0 Å². The lowest BCUT2D eigenvalue weighted by Gasteiger charge is -2.18. The molecule has 5 amide bonds. The van der Waals surface area contributed by atoms with Crippen molar-refractivity contribution in [3.63, 3.8) is 0 Å². The molecule has 0 aromatic heterocycles. The first-order chi connectivity index (χ1) is 20.4. The van der Waals surface area contributed by atoms with Crippen molar-refractivity contribution >= 4 is 41.5 Å². The highest BCUT2D eigenvalue weighted by Crippen LogP contribution is 2.10. The third-order valence-electron chi connectivity index (χ3n) is 6.73. The van der Waals surface area contributed by atoms with E-state index in [2.05, 4.69) is 28.2 Å². The largest absolute Gasteiger partial charge is 0.480 e. The SMILES string of the molecule is CCCCCCCCCCCC(=O)NCC(=O)NC(CCC(=O)NC(CCCC(NC(=O)CN)C(N)=O)C(=O)O)C(=O)O. The summed E-state index contributed by atoms with van der Waals surface area (Å²) in [6, 6.07) is -3.83. The normalized spacial score (nSPS) is 12.8. The Morgan fingerprint density at radius 2 is 1.07 bits per heavy atom. The van der Waals surface area contributed by atoms with Gasteiger partial charge in [-0.05, 0) is 32.1 Å². The van der Waals surface area contributed by atoms with E-state index in [0.29, 0.717) is 6.42 Å². The van der Waals surface area contributed by atoms with Crippen LogP contribution in [0.3, 0.4) is 0 Å². The van der Waals surface area contributed by atoms with E-state index >= 15 is 0 Å². The second-order valence-corrected chi connectivity index (χ2v) is 10.5. The van der Waals surface area contributed by atoms with Gasteiger partial charge in [-0.2, -0.15) is 0 Å². The first-order valence-corrected chi connectivity index (χ1v) is 15.0. The quantitative estimate of drug-likeness (QED) is 0.0606. The van der Waals surface area contributed by atoms with Crippen LogP contribution in [0.25, 0.3) is 0 Å². The maximum atomic E-state index is 12.3. The van der Waals surface area contributed by atoms with Gasteiger partial charge in [0, 0.05) is 12.8 Å². The third-order valence-corrected chi connectivity index (χ3v) is 6.73. The number of amides is 5. The highest BCUT2D eigenvalue weighted by atomic mass is 16.4. The summed E-state index contributed by atoms with van der Waals surface area (Å²) in [7, 11) is 0. The summed E-state index contributed by atoms with van der Waals surface area (Å²) in [5.74, 6) is -5.98. The molecule has 0 bridgehead atoms. The number of unbranched alkanes of at least 4 members (excludes halogenated alkanes) is 8. The van der Waals surface area contributed by atoms with Crippen LogP contribution in [0.2, 0.25) is 0 Å². The van der Waals surface area contributed by atoms with Crippen molar-refractivity contribution in [3.05, 3.63) is 0 Å². The van der Waals surface area contributed by atoms with Crippen molar-refractivity contribution in [3.8, 4) is 0 Å². The van der Waals surface area contributed by atoms with Crippen LogP contribution < -0.4 is 32.7 Å². The Hall–Kier alpha value is -3.75. The molecule has 15 nitrogen and oxygen atoms in total. The number of nitrogens with two attached hydrogens (primary N) is 2. The minimum atomic E-state index is -1.43. The predicted octanol–water partition coefficient (Wildman–Crippen LogP) is 0.0416. The number of aliphatic carboxylic acids is 2. The summed E-state index contributed by atoms with van der Waals surface area (Å²) in [5, 5.41) is 28.1. The smallest absolute Gasteiger partial charge is 0.326 e. The van der Waals surface area contributed by atoms with Gasteiger partial charge in [0.1, 0.15) is 18.1 Å². The number of carboxylic acids is 2. The summed E-state index contributed by atoms with van der Waals surface area (Å²) < 4.78 is 0. The van der Waals surface area contributed by atoms with Gasteiger partial charge in [-0.25, -0.2) is 9.59 Å². The topological polar surface area (TPSA) is 260 Å². The fourth-order valence-corrected chi connectivity index (χ4v) is 4.23. The summed E-state index contributed by atoms with van der Waals surface area (Å²) in [6.07, 6.45) is 9.51. The van der Waals surface area contributed by atoms with Crippen LogP contribution >= 0.6 is 0 Å². The van der Waals surface area contributed by atoms with Gasteiger partial charge in [0.25, 0.3) is 0 Å². The minimum absolute atomic E-state index is 0.0174. The number of hydrogen-bond acceptors (Lipinski definition) is 8. The van der Waals surface area contributed by atoms with Crippen molar-refractivity contribution in [1.29, 1.82) is 0 Å². The standard InChI is InChI=1S/C28H50N6O9/c1-2-3-4-5-6-7-8-9-10-14-22(35)31-18-25(38)34-21(28(42)43)15-16-23(36)33-20(27(40)41)13-11-12-19(26(30)39)32-24(37)17-29/h19-21H,2-18,29H2,1H3,(H2,30,39)(H,31,35)(H,32,37)(H,33,36)(H,34,38)(H,40,41)(H,42,43). The summed E-state index contributed by atoms with van der Waals surface area (Å²) >= 11 is 0. The first kappa shape index (κ1) is 39.2. The highest BCUT2D eigenvalue weighted by Gasteiger charge is 2.25. The molecule has 0 aromatic rings. The monoisotopic (exact) mass is 614 g/mol. The Morgan fingerprint density at radius 3 is 1.60 bits per heavy atom. The molecule has 43 heavy (non-hydrogen) atoms. The average molecular weight is 615 g/mol. The third kappa shape index (κ3) is 20.7. The molecule has 0 aliphatic heterocycles. The molecule has 0 aliphatic rings. The molecule has 3 unspecified atom stereocenters. The lowest BCUT2D eigenvalue weighted by molar-refractivity contribution is -0.143. The molecule has 0 aliphatic carbocycles. The zero-order chi connectivity index (χ0) is 32.6. The number of primary amides is 1. The number of rotatable bonds is 26. The van der Waals surface area contributed by atoms with Gasteiger partial charge in [-0.1, -0.05) is 58.3 Å². The summed E-state index contributed by atoms with van der Waals surface area (Å²) in [5.41, 5.74) is 10.4. The average Bonchev–Trinajstić information content (AvgIpc) is 2.95. The molecule has 0 saturated carbocycles. The zero-order valence-electron chi connectivity index (χ0n) is 25.2. The van der Waals surface area contributed by atoms with Gasteiger partial charge in [0.15, 0.2) is 0 Å². The van der Waals surface area contributed by atoms with Crippen molar-refractivity contribution in [2.45, 2.75) is 121 Å². The van der Waals surface area contributed by atoms with Gasteiger partial charge >= 0.3 is 11.9 Å². The van der Waals surface area contributed by atoms with Crippen molar-refractivity contribution in [1.82, 2.24) is 21.3 Å². The molecular formula is C28H50N6O9. The molecule has 246 valence electrons. The van der Waals surface area contributed by atoms with Crippen LogP contribution in [-0.4, -0.2) is 82.9 Å². The maximum Gasteiger partial charge on any atom is 0.326 e. The molecule has 0 rings (SSSR count). The van der Waals surface area contributed by atoms with Crippen molar-refractivity contribution in [2.75, 3.05) is 13.1 Å². The number of carboxylic acid groups (broad SMARTS) is 2. The van der Waals surface area contributed by atoms with Crippen molar-refractivity contribution < 1.29 is 43.8 Å². The molecular weight excluding hydrogens is 564 g/mol. The Morgan fingerprint density at radius 1 is 0.581 bits per heavy atom. The van der Waals surface area contributed by atoms with Gasteiger partial charge in [-0.3, -0.25) is 24.0 Å². The van der Waals surface area contributed by atoms with Gasteiger partial charge in [0.2, 0.25) is 29.5 Å². The second-order valence-electron chi connectivity index (χ2n) is 10.5. The van der Waals surface area contributed by atoms with E-state index in [1.54, 1.807) is 0 Å². The molecule has 0 radical (unpaired) electrons. The molecule has 15 heteroatoms. The van der Waals surface area contributed by atoms with E-state index in [1.807, 2.05) is 0 Å². The number of carbonyl (C=O) groups excluding carboxylic acids is 5. The Labute approximate surface area is 252 Å². The zero-order valence-corrected chi connectivity index (χ0v) is 25.2. The first-order valence-electron chi connectivity index (χ1n) is 15.0. The lowest BCUT2D eigenvalue weighted by Crippen LogP contribution is -2.47. The summed E-state index contributed by atoms with van der Waals surface area (Å²) in [6.45, 7) is 1.41. The Balaban J connectivity index is 4.45. The van der Waals surface area contributed by atoms with Gasteiger partial charge < -0.3 is 42.9 Å². The van der Waals surface area contributed by atoms with E-state index in [0.717, 1.165) is 19.3 Å². The molecule has 0 spiro atoms. The number of carbonyl (C=O) groups is 7. The summed E-state index contributed by atoms with van der Waals surface area (Å²) in [4.78, 5) is 82.5. The fourth-order valence-electron chi connectivity index (χ4n) is 4.23. The van der Waals surface area contributed by atoms with Crippen LogP contribution in [0.15, 0.2) is 0 Å². The van der Waals surface area contributed by atoms with Crippen LogP contribution in [0.1, 0.15) is 103 Å². The molecule has 3 atom stereocenters. The van der Waals surface area contributed by atoms with Crippen molar-refractivity contribution in [2.24, 2.45) is 11.5 Å². The van der Waals surface area contributed by atoms with E-state index in [4.69, 9.17) is 11.5 Å². The predicted molar refractivity (Wildman–Crippen MR) is 157 cm³/mol. The Bertz CT molecular complexity index is 915. The van der Waals surface area contributed by atoms with E-state index in [-0.39, 0.29) is 44.6 Å². The highest BCUT2D eigenvalue weighted by molar-refractivity contribution is 5.89. The molecule has 0 fully saturated rings. The van der Waals surface area contributed by atoms with E-state index in [1.165, 1.54) is 32.1 Å². The molecule has 0 heterocycles. The molecule has 10 N–H and O–H groups in total. The minimum Gasteiger partial charge on any atom is -0.480 e.